The van der Waals surface area contributed by atoms with Crippen molar-refractivity contribution in [2.45, 2.75) is 6.92 Å². The van der Waals surface area contributed by atoms with Gasteiger partial charge in [-0.15, -0.1) is 4.73 Å². The van der Waals surface area contributed by atoms with Gasteiger partial charge in [-0.3, -0.25) is 4.79 Å². The molecule has 18 heavy (non-hydrogen) atoms. The fourth-order valence-electron chi connectivity index (χ4n) is 1.82. The van der Waals surface area contributed by atoms with E-state index in [-0.39, 0.29) is 11.2 Å². The van der Waals surface area contributed by atoms with Gasteiger partial charge in [-0.05, 0) is 19.1 Å². The molecule has 3 aromatic rings. The van der Waals surface area contributed by atoms with Gasteiger partial charge in [0, 0.05) is 0 Å². The second kappa shape index (κ2) is 3.69. The minimum atomic E-state index is -0.514. The maximum absolute atomic E-state index is 11.8. The molecule has 3 rings (SSSR count). The van der Waals surface area contributed by atoms with E-state index in [0.717, 1.165) is 5.69 Å². The highest BCUT2D eigenvalue weighted by molar-refractivity contribution is 5.75. The van der Waals surface area contributed by atoms with E-state index in [0.29, 0.717) is 10.4 Å². The first-order valence-corrected chi connectivity index (χ1v) is 5.40. The Balaban J connectivity index is 2.38. The molecule has 0 aliphatic rings. The summed E-state index contributed by atoms with van der Waals surface area (Å²) in [4.78, 5) is 16.0. The number of aryl methyl sites for hydroxylation is 1. The molecule has 1 aromatic carbocycles. The molecule has 6 nitrogen and oxygen atoms in total. The molecule has 0 amide bonds. The number of rotatable bonds is 1. The topological polar surface area (TPSA) is 72.9 Å². The molecule has 0 spiro atoms. The Morgan fingerprint density at radius 2 is 1.94 bits per heavy atom. The molecule has 0 bridgehead atoms. The van der Waals surface area contributed by atoms with Crippen molar-refractivity contribution in [3.63, 3.8) is 0 Å². The van der Waals surface area contributed by atoms with Crippen LogP contribution in [-0.4, -0.2) is 24.7 Å². The summed E-state index contributed by atoms with van der Waals surface area (Å²) < 4.78 is 2.10. The molecule has 0 fully saturated rings. The van der Waals surface area contributed by atoms with E-state index in [1.54, 1.807) is 11.6 Å². The average molecular weight is 242 g/mol. The van der Waals surface area contributed by atoms with Crippen LogP contribution in [0, 0.1) is 6.92 Å². The van der Waals surface area contributed by atoms with Crippen LogP contribution in [0.4, 0.5) is 0 Å². The SMILES string of the molecule is Cc1nc2c(cnn2-c2ccccc2)c(=O)n1O. The van der Waals surface area contributed by atoms with Crippen molar-refractivity contribution in [3.8, 4) is 5.69 Å². The molecular formula is C12H10N4O2. The summed E-state index contributed by atoms with van der Waals surface area (Å²) >= 11 is 0. The lowest BCUT2D eigenvalue weighted by atomic mass is 10.3. The summed E-state index contributed by atoms with van der Waals surface area (Å²) in [5.41, 5.74) is 0.739. The molecule has 6 heteroatoms. The van der Waals surface area contributed by atoms with Gasteiger partial charge in [-0.1, -0.05) is 18.2 Å². The zero-order valence-electron chi connectivity index (χ0n) is 9.61. The molecule has 0 unspecified atom stereocenters. The number of aromatic nitrogens is 4. The van der Waals surface area contributed by atoms with Gasteiger partial charge < -0.3 is 5.21 Å². The summed E-state index contributed by atoms with van der Waals surface area (Å²) in [6.07, 6.45) is 1.41. The number of hydrogen-bond donors (Lipinski definition) is 1. The summed E-state index contributed by atoms with van der Waals surface area (Å²) in [5, 5.41) is 13.9. The molecule has 2 heterocycles. The maximum atomic E-state index is 11.8. The number of nitrogens with zero attached hydrogens (tertiary/aromatic N) is 4. The van der Waals surface area contributed by atoms with Gasteiger partial charge in [0.1, 0.15) is 11.2 Å². The molecule has 0 aliphatic carbocycles. The fraction of sp³-hybridized carbons (Fsp3) is 0.0833. The maximum Gasteiger partial charge on any atom is 0.297 e. The van der Waals surface area contributed by atoms with Gasteiger partial charge in [0.05, 0.1) is 11.9 Å². The van der Waals surface area contributed by atoms with Gasteiger partial charge in [0.15, 0.2) is 5.65 Å². The highest BCUT2D eigenvalue weighted by atomic mass is 16.5. The van der Waals surface area contributed by atoms with Gasteiger partial charge >= 0.3 is 0 Å². The smallest absolute Gasteiger partial charge is 0.297 e. The number of hydrogen-bond acceptors (Lipinski definition) is 4. The van der Waals surface area contributed by atoms with E-state index in [1.807, 2.05) is 30.3 Å². The minimum absolute atomic E-state index is 0.227. The zero-order chi connectivity index (χ0) is 12.7. The van der Waals surface area contributed by atoms with Crippen LogP contribution in [0.2, 0.25) is 0 Å². The fourth-order valence-corrected chi connectivity index (χ4v) is 1.82. The largest absolute Gasteiger partial charge is 0.424 e. The van der Waals surface area contributed by atoms with Crippen LogP contribution in [0.5, 0.6) is 0 Å². The van der Waals surface area contributed by atoms with Crippen LogP contribution < -0.4 is 5.56 Å². The summed E-state index contributed by atoms with van der Waals surface area (Å²) in [5.74, 6) is 0.227. The Kier molecular flexibility index (Phi) is 2.16. The molecular weight excluding hydrogens is 232 g/mol. The third-order valence-electron chi connectivity index (χ3n) is 2.74. The Hall–Kier alpha value is -2.63. The molecule has 0 saturated carbocycles. The van der Waals surface area contributed by atoms with Crippen molar-refractivity contribution >= 4 is 11.0 Å². The molecule has 0 aliphatic heterocycles. The van der Waals surface area contributed by atoms with Crippen molar-refractivity contribution in [1.82, 2.24) is 19.5 Å². The lowest BCUT2D eigenvalue weighted by Crippen LogP contribution is -2.21. The summed E-state index contributed by atoms with van der Waals surface area (Å²) in [6, 6.07) is 9.39. The predicted molar refractivity (Wildman–Crippen MR) is 65.0 cm³/mol. The molecule has 1 N–H and O–H groups in total. The predicted octanol–water partition coefficient (Wildman–Crippen LogP) is 1.13. The third-order valence-corrected chi connectivity index (χ3v) is 2.74. The third kappa shape index (κ3) is 1.39. The Morgan fingerprint density at radius 3 is 2.67 bits per heavy atom. The van der Waals surface area contributed by atoms with Crippen molar-refractivity contribution in [3.05, 3.63) is 52.7 Å². The van der Waals surface area contributed by atoms with E-state index in [2.05, 4.69) is 10.1 Å². The molecule has 0 atom stereocenters. The Morgan fingerprint density at radius 1 is 1.22 bits per heavy atom. The second-order valence-electron chi connectivity index (χ2n) is 3.91. The first kappa shape index (κ1) is 10.5. The normalized spacial score (nSPS) is 10.9. The van der Waals surface area contributed by atoms with E-state index in [1.165, 1.54) is 6.20 Å². The van der Waals surface area contributed by atoms with Crippen LogP contribution >= 0.6 is 0 Å². The van der Waals surface area contributed by atoms with E-state index < -0.39 is 5.56 Å². The lowest BCUT2D eigenvalue weighted by Gasteiger charge is -2.04. The average Bonchev–Trinajstić information content (AvgIpc) is 2.81. The van der Waals surface area contributed by atoms with Crippen LogP contribution in [0.3, 0.4) is 0 Å². The van der Waals surface area contributed by atoms with Crippen LogP contribution in [-0.2, 0) is 0 Å². The highest BCUT2D eigenvalue weighted by Gasteiger charge is 2.12. The van der Waals surface area contributed by atoms with Gasteiger partial charge in [-0.25, -0.2) is 9.67 Å². The van der Waals surface area contributed by atoms with Crippen LogP contribution in [0.25, 0.3) is 16.7 Å². The molecule has 0 radical (unpaired) electrons. The van der Waals surface area contributed by atoms with E-state index in [9.17, 15) is 10.0 Å². The first-order chi connectivity index (χ1) is 8.68. The van der Waals surface area contributed by atoms with Crippen molar-refractivity contribution in [2.24, 2.45) is 0 Å². The molecule has 90 valence electrons. The number of para-hydroxylation sites is 1. The Bertz CT molecular complexity index is 774. The zero-order valence-corrected chi connectivity index (χ0v) is 9.61. The van der Waals surface area contributed by atoms with E-state index >= 15 is 0 Å². The van der Waals surface area contributed by atoms with Crippen LogP contribution in [0.1, 0.15) is 5.82 Å². The second-order valence-corrected chi connectivity index (χ2v) is 3.91. The van der Waals surface area contributed by atoms with Gasteiger partial charge in [0.25, 0.3) is 5.56 Å². The molecule has 0 saturated heterocycles. The minimum Gasteiger partial charge on any atom is -0.424 e. The number of benzene rings is 1. The number of fused-ring (bicyclic) bond motifs is 1. The first-order valence-electron chi connectivity index (χ1n) is 5.40. The highest BCUT2D eigenvalue weighted by Crippen LogP contribution is 2.13. The Labute approximate surface area is 102 Å². The van der Waals surface area contributed by atoms with Crippen molar-refractivity contribution in [1.29, 1.82) is 0 Å². The van der Waals surface area contributed by atoms with Crippen LogP contribution in [0.15, 0.2) is 41.3 Å². The van der Waals surface area contributed by atoms with Crippen molar-refractivity contribution < 1.29 is 5.21 Å². The lowest BCUT2D eigenvalue weighted by molar-refractivity contribution is 0.166. The monoisotopic (exact) mass is 242 g/mol. The molecule has 2 aromatic heterocycles. The summed E-state index contributed by atoms with van der Waals surface area (Å²) in [7, 11) is 0. The van der Waals surface area contributed by atoms with Gasteiger partial charge in [0.2, 0.25) is 0 Å². The standard InChI is InChI=1S/C12H10N4O2/c1-8-14-11-10(12(17)16(8)18)7-13-15(11)9-5-3-2-4-6-9/h2-7,18H,1H3. The quantitative estimate of drug-likeness (QED) is 0.649. The van der Waals surface area contributed by atoms with Gasteiger partial charge in [-0.2, -0.15) is 5.10 Å². The summed E-state index contributed by atoms with van der Waals surface area (Å²) in [6.45, 7) is 1.56. The van der Waals surface area contributed by atoms with E-state index in [4.69, 9.17) is 0 Å². The van der Waals surface area contributed by atoms with Crippen molar-refractivity contribution in [2.75, 3.05) is 0 Å².